The van der Waals surface area contributed by atoms with Crippen LogP contribution in [0.1, 0.15) is 27.7 Å². The molecule has 3 nitrogen and oxygen atoms in total. The Balaban J connectivity index is 0. The van der Waals surface area contributed by atoms with Gasteiger partial charge in [0.15, 0.2) is 0 Å². The molecule has 0 aromatic heterocycles. The number of carbonyl (C=O) groups is 1. The van der Waals surface area contributed by atoms with Crippen LogP contribution in [0.5, 0.6) is 0 Å². The molecule has 0 amide bonds. The van der Waals surface area contributed by atoms with E-state index in [2.05, 4.69) is 20.7 Å². The lowest BCUT2D eigenvalue weighted by atomic mass is 10.2. The van der Waals surface area contributed by atoms with Crippen LogP contribution in [-0.2, 0) is 4.74 Å². The molecule has 0 unspecified atom stereocenters. The summed E-state index contributed by atoms with van der Waals surface area (Å²) in [6.07, 6.45) is -1.22. The smallest absolute Gasteiger partial charge is 0.450 e. The van der Waals surface area contributed by atoms with Crippen molar-refractivity contribution in [3.63, 3.8) is 0 Å². The van der Waals surface area contributed by atoms with Crippen molar-refractivity contribution in [2.75, 3.05) is 5.33 Å². The van der Waals surface area contributed by atoms with Crippen molar-refractivity contribution in [3.8, 4) is 0 Å². The van der Waals surface area contributed by atoms with Gasteiger partial charge in [0, 0.05) is 5.33 Å². The highest BCUT2D eigenvalue weighted by atomic mass is 79.9. The number of hydrogen-bond donors (Lipinski definition) is 1. The van der Waals surface area contributed by atoms with Crippen LogP contribution in [0.15, 0.2) is 0 Å². The molecule has 68 valence electrons. The predicted octanol–water partition coefficient (Wildman–Crippen LogP) is 2.88. The summed E-state index contributed by atoms with van der Waals surface area (Å²) in [5.41, 5.74) is -0.578. The average Bonchev–Trinajstić information content (AvgIpc) is 1.57. The molecule has 0 saturated heterocycles. The highest BCUT2D eigenvalue weighted by Crippen LogP contribution is 2.05. The van der Waals surface area contributed by atoms with Crippen molar-refractivity contribution in [1.82, 2.24) is 0 Å². The first-order chi connectivity index (χ1) is 4.83. The van der Waals surface area contributed by atoms with E-state index in [4.69, 9.17) is 5.11 Å². The third-order valence-corrected chi connectivity index (χ3v) is 0.393. The zero-order valence-electron chi connectivity index (χ0n) is 7.35. The molecule has 0 aliphatic rings. The molecule has 0 aromatic rings. The van der Waals surface area contributed by atoms with Crippen molar-refractivity contribution in [1.29, 1.82) is 0 Å². The van der Waals surface area contributed by atoms with Crippen LogP contribution >= 0.6 is 15.9 Å². The van der Waals surface area contributed by atoms with Crippen molar-refractivity contribution >= 4 is 22.1 Å². The Labute approximate surface area is 75.9 Å². The van der Waals surface area contributed by atoms with Gasteiger partial charge < -0.3 is 9.84 Å². The number of hydrogen-bond acceptors (Lipinski definition) is 2. The maximum Gasteiger partial charge on any atom is 0.506 e. The normalized spacial score (nSPS) is 9.55. The summed E-state index contributed by atoms with van der Waals surface area (Å²) in [5.74, 6) is 0. The molecule has 0 heterocycles. The zero-order chi connectivity index (χ0) is 9.49. The Morgan fingerprint density at radius 2 is 1.82 bits per heavy atom. The molecule has 0 rings (SSSR count). The fourth-order valence-electron chi connectivity index (χ4n) is 0.262. The number of rotatable bonds is 0. The summed E-state index contributed by atoms with van der Waals surface area (Å²) in [4.78, 5) is 9.79. The molecule has 0 atom stereocenters. The zero-order valence-corrected chi connectivity index (χ0v) is 8.93. The number of halogens is 1. The van der Waals surface area contributed by atoms with E-state index in [9.17, 15) is 4.79 Å². The number of alkyl halides is 1. The third kappa shape index (κ3) is 26.0. The number of carboxylic acid groups (broad SMARTS) is 1. The first-order valence-corrected chi connectivity index (χ1v) is 4.43. The van der Waals surface area contributed by atoms with E-state index in [1.807, 2.05) is 6.92 Å². The van der Waals surface area contributed by atoms with Gasteiger partial charge in [-0.1, -0.05) is 22.9 Å². The quantitative estimate of drug-likeness (QED) is 0.511. The third-order valence-electron chi connectivity index (χ3n) is 0.393. The van der Waals surface area contributed by atoms with Gasteiger partial charge in [-0.15, -0.1) is 0 Å². The maximum atomic E-state index is 9.79. The summed E-state index contributed by atoms with van der Waals surface area (Å²) >= 11 is 3.15. The first-order valence-electron chi connectivity index (χ1n) is 3.31. The Morgan fingerprint density at radius 1 is 1.55 bits per heavy atom. The molecule has 0 radical (unpaired) electrons. The van der Waals surface area contributed by atoms with Crippen molar-refractivity contribution in [2.24, 2.45) is 0 Å². The lowest BCUT2D eigenvalue weighted by molar-refractivity contribution is 0.0150. The predicted molar refractivity (Wildman–Crippen MR) is 48.3 cm³/mol. The van der Waals surface area contributed by atoms with E-state index in [-0.39, 0.29) is 0 Å². The van der Waals surface area contributed by atoms with Crippen LogP contribution in [0.25, 0.3) is 0 Å². The van der Waals surface area contributed by atoms with E-state index < -0.39 is 11.8 Å². The van der Waals surface area contributed by atoms with Gasteiger partial charge in [0.2, 0.25) is 0 Å². The highest BCUT2D eigenvalue weighted by Gasteiger charge is 2.13. The van der Waals surface area contributed by atoms with Gasteiger partial charge in [-0.05, 0) is 20.8 Å². The van der Waals surface area contributed by atoms with Gasteiger partial charge in [0.1, 0.15) is 5.60 Å². The van der Waals surface area contributed by atoms with Crippen LogP contribution in [0.3, 0.4) is 0 Å². The summed E-state index contributed by atoms with van der Waals surface area (Å²) in [6, 6.07) is 0. The van der Waals surface area contributed by atoms with Crippen LogP contribution in [0.2, 0.25) is 0 Å². The van der Waals surface area contributed by atoms with Gasteiger partial charge >= 0.3 is 6.16 Å². The van der Waals surface area contributed by atoms with Crippen LogP contribution in [0, 0.1) is 0 Å². The molecule has 4 heteroatoms. The fraction of sp³-hybridized carbons (Fsp3) is 0.857. The monoisotopic (exact) mass is 226 g/mol. The minimum Gasteiger partial charge on any atom is -0.450 e. The lowest BCUT2D eigenvalue weighted by Crippen LogP contribution is -2.22. The molecule has 0 spiro atoms. The molecule has 11 heavy (non-hydrogen) atoms. The van der Waals surface area contributed by atoms with E-state index >= 15 is 0 Å². The van der Waals surface area contributed by atoms with Gasteiger partial charge in [-0.3, -0.25) is 0 Å². The Bertz CT molecular complexity index is 107. The molecule has 0 aliphatic carbocycles. The van der Waals surface area contributed by atoms with E-state index in [1.54, 1.807) is 20.8 Å². The molecule has 0 bridgehead atoms. The summed E-state index contributed by atoms with van der Waals surface area (Å²) in [5, 5.41) is 9.09. The second-order valence-electron chi connectivity index (χ2n) is 2.75. The van der Waals surface area contributed by atoms with Crippen LogP contribution in [-0.4, -0.2) is 22.2 Å². The Hall–Kier alpha value is -0.250. The molecular weight excluding hydrogens is 212 g/mol. The van der Waals surface area contributed by atoms with Gasteiger partial charge in [0.05, 0.1) is 0 Å². The van der Waals surface area contributed by atoms with Gasteiger partial charge in [-0.2, -0.15) is 0 Å². The molecule has 0 aromatic carbocycles. The van der Waals surface area contributed by atoms with E-state index in [1.165, 1.54) is 0 Å². The maximum absolute atomic E-state index is 9.79. The van der Waals surface area contributed by atoms with E-state index in [0.717, 1.165) is 5.33 Å². The summed E-state index contributed by atoms with van der Waals surface area (Å²) in [6.45, 7) is 7.09. The lowest BCUT2D eigenvalue weighted by Gasteiger charge is -2.15. The topological polar surface area (TPSA) is 46.5 Å². The molecule has 0 aliphatic heterocycles. The second-order valence-corrected chi connectivity index (χ2v) is 3.87. The molecule has 0 saturated carbocycles. The summed E-state index contributed by atoms with van der Waals surface area (Å²) < 4.78 is 4.35. The standard InChI is InChI=1S/C5H10O3.C2H5Br/c1-5(2,3)8-4(6)7;1-2-3/h1-3H3,(H,6,7);2H2,1H3. The van der Waals surface area contributed by atoms with Crippen molar-refractivity contribution < 1.29 is 14.6 Å². The Morgan fingerprint density at radius 3 is 1.82 bits per heavy atom. The van der Waals surface area contributed by atoms with Gasteiger partial charge in [0.25, 0.3) is 0 Å². The van der Waals surface area contributed by atoms with E-state index in [0.29, 0.717) is 0 Å². The largest absolute Gasteiger partial charge is 0.506 e. The minimum atomic E-state index is -1.22. The van der Waals surface area contributed by atoms with Crippen molar-refractivity contribution in [3.05, 3.63) is 0 Å². The Kier molecular flexibility index (Phi) is 7.84. The fourth-order valence-corrected chi connectivity index (χ4v) is 0.262. The second kappa shape index (κ2) is 6.46. The highest BCUT2D eigenvalue weighted by molar-refractivity contribution is 9.09. The summed E-state index contributed by atoms with van der Waals surface area (Å²) in [7, 11) is 0. The van der Waals surface area contributed by atoms with Crippen LogP contribution < -0.4 is 0 Å². The average molecular weight is 227 g/mol. The molecule has 1 N–H and O–H groups in total. The minimum absolute atomic E-state index is 0.578. The first kappa shape index (κ1) is 13.3. The van der Waals surface area contributed by atoms with Crippen LogP contribution in [0.4, 0.5) is 4.79 Å². The number of ether oxygens (including phenoxy) is 1. The van der Waals surface area contributed by atoms with Gasteiger partial charge in [-0.25, -0.2) is 4.79 Å². The molecular formula is C7H15BrO3. The van der Waals surface area contributed by atoms with Crippen molar-refractivity contribution in [2.45, 2.75) is 33.3 Å². The molecule has 0 fully saturated rings. The SMILES string of the molecule is CC(C)(C)OC(=O)O.CCBr.